The van der Waals surface area contributed by atoms with Crippen molar-refractivity contribution in [2.24, 2.45) is 5.92 Å². The number of aliphatic carboxylic acids is 1. The summed E-state index contributed by atoms with van der Waals surface area (Å²) in [6.45, 7) is 4.33. The van der Waals surface area contributed by atoms with Crippen LogP contribution in [0.1, 0.15) is 49.7 Å². The molecular weight excluding hydrogens is 414 g/mol. The van der Waals surface area contributed by atoms with E-state index in [0.29, 0.717) is 6.42 Å². The number of hydrogen-bond donors (Lipinski definition) is 2. The van der Waals surface area contributed by atoms with Crippen LogP contribution in [0.4, 0.5) is 0 Å². The van der Waals surface area contributed by atoms with Crippen LogP contribution in [0.5, 0.6) is 11.5 Å². The topological polar surface area (TPSA) is 70.0 Å². The van der Waals surface area contributed by atoms with E-state index >= 15 is 0 Å². The normalized spacial score (nSPS) is 15.2. The van der Waals surface area contributed by atoms with Gasteiger partial charge >= 0.3 is 5.97 Å². The number of methoxy groups -OCH3 is 1. The minimum absolute atomic E-state index is 0.0463. The predicted molar refractivity (Wildman–Crippen MR) is 133 cm³/mol. The molecule has 3 aromatic rings. The highest BCUT2D eigenvalue weighted by Gasteiger charge is 2.32. The number of phenolic OH excluding ortho intramolecular Hbond substituents is 1. The molecule has 3 aromatic carbocycles. The average molecular weight is 450 g/mol. The molecule has 0 aliphatic rings. The lowest BCUT2D eigenvalue weighted by Gasteiger charge is -2.37. The molecular formula is C28H35NO4. The van der Waals surface area contributed by atoms with Gasteiger partial charge in [0.2, 0.25) is 0 Å². The van der Waals surface area contributed by atoms with E-state index in [-0.39, 0.29) is 23.6 Å². The Labute approximate surface area is 196 Å². The minimum atomic E-state index is -0.813. The van der Waals surface area contributed by atoms with Gasteiger partial charge in [-0.05, 0) is 84.9 Å². The molecule has 0 aliphatic carbocycles. The molecule has 3 rings (SSSR count). The molecule has 2 N–H and O–H groups in total. The largest absolute Gasteiger partial charge is 0.508 e. The summed E-state index contributed by atoms with van der Waals surface area (Å²) in [7, 11) is 5.67. The number of carboxylic acids is 1. The molecule has 0 saturated heterocycles. The predicted octanol–water partition coefficient (Wildman–Crippen LogP) is 5.87. The maximum absolute atomic E-state index is 12.4. The summed E-state index contributed by atoms with van der Waals surface area (Å²) in [6, 6.07) is 19.2. The monoisotopic (exact) mass is 449 g/mol. The van der Waals surface area contributed by atoms with Crippen molar-refractivity contribution in [2.45, 2.75) is 44.6 Å². The van der Waals surface area contributed by atoms with E-state index in [0.717, 1.165) is 34.1 Å². The molecule has 0 spiro atoms. The molecule has 33 heavy (non-hydrogen) atoms. The maximum Gasteiger partial charge on any atom is 0.311 e. The zero-order valence-electron chi connectivity index (χ0n) is 20.2. The number of hydrogen-bond acceptors (Lipinski definition) is 4. The first kappa shape index (κ1) is 24.6. The summed E-state index contributed by atoms with van der Waals surface area (Å²) in [6.07, 6.45) is 1.41. The number of carboxylic acid groups (broad SMARTS) is 1. The van der Waals surface area contributed by atoms with Gasteiger partial charge in [-0.25, -0.2) is 0 Å². The molecule has 0 heterocycles. The van der Waals surface area contributed by atoms with Crippen molar-refractivity contribution in [2.75, 3.05) is 21.2 Å². The van der Waals surface area contributed by atoms with Crippen molar-refractivity contribution < 1.29 is 19.7 Å². The van der Waals surface area contributed by atoms with Gasteiger partial charge in [0.05, 0.1) is 13.0 Å². The van der Waals surface area contributed by atoms with E-state index in [1.165, 1.54) is 0 Å². The summed E-state index contributed by atoms with van der Waals surface area (Å²) in [4.78, 5) is 14.5. The van der Waals surface area contributed by atoms with E-state index in [2.05, 4.69) is 18.7 Å². The fourth-order valence-electron chi connectivity index (χ4n) is 5.04. The molecule has 4 atom stereocenters. The Kier molecular flexibility index (Phi) is 7.98. The van der Waals surface area contributed by atoms with Crippen LogP contribution in [0.25, 0.3) is 10.8 Å². The van der Waals surface area contributed by atoms with E-state index < -0.39 is 11.9 Å². The highest BCUT2D eigenvalue weighted by Crippen LogP contribution is 2.37. The third-order valence-corrected chi connectivity index (χ3v) is 6.89. The Morgan fingerprint density at radius 2 is 1.70 bits per heavy atom. The van der Waals surface area contributed by atoms with Gasteiger partial charge < -0.3 is 19.8 Å². The number of nitrogens with zero attached hydrogens (tertiary/aromatic N) is 1. The minimum Gasteiger partial charge on any atom is -0.508 e. The fraction of sp³-hybridized carbons (Fsp3) is 0.393. The molecule has 0 radical (unpaired) electrons. The summed E-state index contributed by atoms with van der Waals surface area (Å²) in [5.41, 5.74) is 1.90. The number of aromatic hydroxyl groups is 1. The van der Waals surface area contributed by atoms with E-state index in [4.69, 9.17) is 4.74 Å². The molecule has 0 fully saturated rings. The van der Waals surface area contributed by atoms with Crippen molar-refractivity contribution in [1.29, 1.82) is 0 Å². The SMILES string of the molecule is CCC(c1cccc(O)c1)C(C)C(CC(C(=O)O)c1ccc2cc(OC)ccc2c1)N(C)C. The Balaban J connectivity index is 1.92. The van der Waals surface area contributed by atoms with Crippen LogP contribution in [0.15, 0.2) is 60.7 Å². The van der Waals surface area contributed by atoms with Crippen molar-refractivity contribution in [3.63, 3.8) is 0 Å². The fourth-order valence-corrected chi connectivity index (χ4v) is 5.04. The third kappa shape index (κ3) is 5.66. The number of benzene rings is 3. The number of fused-ring (bicyclic) bond motifs is 1. The van der Waals surface area contributed by atoms with Gasteiger partial charge in [0.15, 0.2) is 0 Å². The summed E-state index contributed by atoms with van der Waals surface area (Å²) < 4.78 is 5.31. The van der Waals surface area contributed by atoms with Crippen LogP contribution in [0.3, 0.4) is 0 Å². The Hall–Kier alpha value is -3.05. The van der Waals surface area contributed by atoms with E-state index in [9.17, 15) is 15.0 Å². The molecule has 0 saturated carbocycles. The first-order valence-corrected chi connectivity index (χ1v) is 11.5. The second-order valence-corrected chi connectivity index (χ2v) is 9.10. The van der Waals surface area contributed by atoms with Crippen LogP contribution in [-0.4, -0.2) is 48.3 Å². The molecule has 5 nitrogen and oxygen atoms in total. The zero-order chi connectivity index (χ0) is 24.1. The lowest BCUT2D eigenvalue weighted by atomic mass is 9.76. The molecule has 0 bridgehead atoms. The summed E-state index contributed by atoms with van der Waals surface area (Å²) >= 11 is 0. The Morgan fingerprint density at radius 3 is 2.30 bits per heavy atom. The first-order valence-electron chi connectivity index (χ1n) is 11.5. The van der Waals surface area contributed by atoms with Gasteiger partial charge in [-0.3, -0.25) is 4.79 Å². The lowest BCUT2D eigenvalue weighted by Crippen LogP contribution is -2.39. The number of carbonyl (C=O) groups is 1. The molecule has 5 heteroatoms. The Bertz CT molecular complexity index is 1090. The van der Waals surface area contributed by atoms with Gasteiger partial charge in [0, 0.05) is 6.04 Å². The Morgan fingerprint density at radius 1 is 1.00 bits per heavy atom. The second kappa shape index (κ2) is 10.7. The molecule has 4 unspecified atom stereocenters. The molecule has 176 valence electrons. The smallest absolute Gasteiger partial charge is 0.311 e. The van der Waals surface area contributed by atoms with Gasteiger partial charge in [0.25, 0.3) is 0 Å². The highest BCUT2D eigenvalue weighted by molar-refractivity contribution is 5.86. The van der Waals surface area contributed by atoms with Crippen LogP contribution in [0.2, 0.25) is 0 Å². The van der Waals surface area contributed by atoms with Crippen LogP contribution < -0.4 is 4.74 Å². The number of rotatable bonds is 10. The van der Waals surface area contributed by atoms with Crippen molar-refractivity contribution in [3.8, 4) is 11.5 Å². The lowest BCUT2D eigenvalue weighted by molar-refractivity contribution is -0.139. The number of ether oxygens (including phenoxy) is 1. The van der Waals surface area contributed by atoms with Crippen molar-refractivity contribution in [3.05, 3.63) is 71.8 Å². The molecule has 0 amide bonds. The summed E-state index contributed by atoms with van der Waals surface area (Å²) in [5.74, 6) is 0.0153. The van der Waals surface area contributed by atoms with Crippen LogP contribution in [0, 0.1) is 5.92 Å². The zero-order valence-corrected chi connectivity index (χ0v) is 20.2. The van der Waals surface area contributed by atoms with Crippen molar-refractivity contribution >= 4 is 16.7 Å². The number of phenols is 1. The highest BCUT2D eigenvalue weighted by atomic mass is 16.5. The maximum atomic E-state index is 12.4. The van der Waals surface area contributed by atoms with Gasteiger partial charge in [-0.2, -0.15) is 0 Å². The van der Waals surface area contributed by atoms with Crippen LogP contribution in [-0.2, 0) is 4.79 Å². The third-order valence-electron chi connectivity index (χ3n) is 6.89. The van der Waals surface area contributed by atoms with E-state index in [1.54, 1.807) is 13.2 Å². The molecule has 0 aromatic heterocycles. The summed E-state index contributed by atoms with van der Waals surface area (Å²) in [5, 5.41) is 22.2. The standard InChI is InChI=1S/C28H35NO4/c1-6-25(21-8-7-9-23(30)15-21)18(2)27(29(3)4)17-26(28(31)32)22-11-10-20-16-24(33-5)13-12-19(20)14-22/h7-16,18,25-27,30H,6,17H2,1-5H3,(H,31,32). The van der Waals surface area contributed by atoms with Crippen molar-refractivity contribution in [1.82, 2.24) is 4.90 Å². The van der Waals surface area contributed by atoms with Crippen LogP contribution >= 0.6 is 0 Å². The van der Waals surface area contributed by atoms with E-state index in [1.807, 2.05) is 68.7 Å². The van der Waals surface area contributed by atoms with Gasteiger partial charge in [-0.1, -0.05) is 50.2 Å². The molecule has 0 aliphatic heterocycles. The van der Waals surface area contributed by atoms with Gasteiger partial charge in [-0.15, -0.1) is 0 Å². The van der Waals surface area contributed by atoms with Gasteiger partial charge in [0.1, 0.15) is 11.5 Å². The average Bonchev–Trinajstić information content (AvgIpc) is 2.79. The first-order chi connectivity index (χ1) is 15.7. The second-order valence-electron chi connectivity index (χ2n) is 9.10. The quantitative estimate of drug-likeness (QED) is 0.405.